The number of carboxylic acid groups (broad SMARTS) is 1. The van der Waals surface area contributed by atoms with Crippen LogP contribution in [0, 0.1) is 5.41 Å². The van der Waals surface area contributed by atoms with E-state index in [2.05, 4.69) is 5.32 Å². The maximum absolute atomic E-state index is 13.7. The van der Waals surface area contributed by atoms with Crippen molar-refractivity contribution in [2.75, 3.05) is 65.1 Å². The Morgan fingerprint density at radius 3 is 1.82 bits per heavy atom. The summed E-state index contributed by atoms with van der Waals surface area (Å²) in [7, 11) is -15.1. The summed E-state index contributed by atoms with van der Waals surface area (Å²) < 4.78 is 134. The molecule has 0 aromatic heterocycles. The molecule has 1 aliphatic carbocycles. The minimum Gasteiger partial charge on any atom is -0.478 e. The second-order valence-electron chi connectivity index (χ2n) is 13.3. The molecule has 2 aliphatic rings. The van der Waals surface area contributed by atoms with Gasteiger partial charge in [-0.1, -0.05) is 29.3 Å². The van der Waals surface area contributed by atoms with E-state index in [0.717, 1.165) is 36.4 Å². The average Bonchev–Trinajstić information content (AvgIpc) is 3.20. The third kappa shape index (κ3) is 12.5. The largest absolute Gasteiger partial charge is 0.478 e. The predicted octanol–water partition coefficient (Wildman–Crippen LogP) is 3.80. The summed E-state index contributed by atoms with van der Waals surface area (Å²) >= 11 is 11.8. The third-order valence-electron chi connectivity index (χ3n) is 8.89. The summed E-state index contributed by atoms with van der Waals surface area (Å²) in [5.41, 5.74) is 2.87. The molecule has 0 saturated carbocycles. The zero-order valence-electron chi connectivity index (χ0n) is 33.2. The molecule has 3 aromatic rings. The normalized spacial score (nSPS) is 12.1. The molecule has 8 N–H and O–H groups in total. The number of amides is 1. The maximum atomic E-state index is 13.7. The summed E-state index contributed by atoms with van der Waals surface area (Å²) in [6.45, 7) is 0.669. The van der Waals surface area contributed by atoms with Crippen LogP contribution in [0.5, 0.6) is 5.75 Å². The molecule has 0 bridgehead atoms. The molecule has 27 heteroatoms. The SMILES string of the molecule is N=c1ccc2c(-c3c(C(=O)O)cccc3C(=O)NCCOCCOCCOCCOCCC(=O)Oc3c(Cl)cc(S(=O)(=O)O)cc3Cl)c3ccc(N)c(S(=O)(=O)O)c3oc-2c1S(=O)(=O)O. The van der Waals surface area contributed by atoms with E-state index in [4.69, 9.17) is 67.0 Å². The Kier molecular flexibility index (Phi) is 16.7. The van der Waals surface area contributed by atoms with Gasteiger partial charge in [0.1, 0.15) is 0 Å². The molecule has 22 nitrogen and oxygen atoms in total. The van der Waals surface area contributed by atoms with Gasteiger partial charge in [0.15, 0.2) is 26.9 Å². The van der Waals surface area contributed by atoms with Gasteiger partial charge in [-0.2, -0.15) is 25.3 Å². The molecular weight excluding hydrogens is 970 g/mol. The van der Waals surface area contributed by atoms with E-state index in [-0.39, 0.29) is 109 Å². The number of benzene rings is 4. The van der Waals surface area contributed by atoms with Gasteiger partial charge in [-0.15, -0.1) is 0 Å². The second-order valence-corrected chi connectivity index (χ2v) is 18.2. The van der Waals surface area contributed by atoms with E-state index in [1.54, 1.807) is 0 Å². The molecule has 1 aliphatic heterocycles. The van der Waals surface area contributed by atoms with Gasteiger partial charge in [0.05, 0.1) is 90.8 Å². The first-order valence-corrected chi connectivity index (χ1v) is 23.5. The maximum Gasteiger partial charge on any atom is 0.336 e. The highest BCUT2D eigenvalue weighted by atomic mass is 35.5. The van der Waals surface area contributed by atoms with Crippen molar-refractivity contribution in [3.8, 4) is 28.2 Å². The highest BCUT2D eigenvalue weighted by Crippen LogP contribution is 2.46. The van der Waals surface area contributed by atoms with Crippen LogP contribution in [0.15, 0.2) is 73.7 Å². The molecule has 65 heavy (non-hydrogen) atoms. The number of rotatable bonds is 22. The fraction of sp³-hybridized carbons (Fsp3) is 0.263. The first-order valence-electron chi connectivity index (χ1n) is 18.5. The van der Waals surface area contributed by atoms with Crippen LogP contribution in [0.25, 0.3) is 33.4 Å². The van der Waals surface area contributed by atoms with E-state index >= 15 is 0 Å². The van der Waals surface area contributed by atoms with Crippen LogP contribution in [0.4, 0.5) is 5.69 Å². The van der Waals surface area contributed by atoms with Crippen LogP contribution < -0.4 is 21.1 Å². The number of carbonyl (C=O) groups is 3. The molecule has 0 atom stereocenters. The van der Waals surface area contributed by atoms with Gasteiger partial charge in [-0.3, -0.25) is 28.7 Å². The monoisotopic (exact) mass is 1010 g/mol. The summed E-state index contributed by atoms with van der Waals surface area (Å²) in [5.74, 6) is -4.25. The number of ether oxygens (including phenoxy) is 5. The Labute approximate surface area is 379 Å². The number of fused-ring (bicyclic) bond motifs is 2. The third-order valence-corrected chi connectivity index (χ3v) is 12.1. The lowest BCUT2D eigenvalue weighted by Crippen LogP contribution is -2.28. The van der Waals surface area contributed by atoms with E-state index < -0.39 is 90.8 Å². The standard InChI is InChI=1S/C38H37Cl2N3O19S3/c39-25-18-20(63(48,49)50)19-26(40)34(25)61-29(44)8-10-57-12-14-59-16-17-60-15-13-58-11-9-43-37(45)23-2-1-3-24(38(46)47)31(23)30-21-4-6-27(41)35(64(51,52)53)32(21)62-33-22(30)5-7-28(42)36(33)65(54,55)56/h1-7,18-19,41H,8-17,42H2,(H,43,45)(H,46,47)(H,48,49,50)(H,51,52,53)(H,54,55,56). The van der Waals surface area contributed by atoms with Crippen molar-refractivity contribution in [2.45, 2.75) is 21.1 Å². The van der Waals surface area contributed by atoms with Crippen LogP contribution in [-0.4, -0.2) is 121 Å². The fourth-order valence-electron chi connectivity index (χ4n) is 6.16. The van der Waals surface area contributed by atoms with Crippen molar-refractivity contribution < 1.29 is 86.5 Å². The van der Waals surface area contributed by atoms with Crippen LogP contribution in [0.1, 0.15) is 27.1 Å². The average molecular weight is 1010 g/mol. The lowest BCUT2D eigenvalue weighted by molar-refractivity contribution is -0.135. The highest BCUT2D eigenvalue weighted by Gasteiger charge is 2.33. The Bertz CT molecular complexity index is 2990. The molecule has 5 rings (SSSR count). The van der Waals surface area contributed by atoms with E-state index in [1.165, 1.54) is 18.2 Å². The minimum atomic E-state index is -5.27. The van der Waals surface area contributed by atoms with Crippen LogP contribution in [0.2, 0.25) is 10.0 Å². The van der Waals surface area contributed by atoms with Crippen molar-refractivity contribution in [1.29, 1.82) is 5.41 Å². The van der Waals surface area contributed by atoms with E-state index in [9.17, 15) is 53.8 Å². The lowest BCUT2D eigenvalue weighted by Gasteiger charge is -2.21. The quantitative estimate of drug-likeness (QED) is 0.0129. The van der Waals surface area contributed by atoms with Gasteiger partial charge in [-0.05, 0) is 48.5 Å². The number of hydrogen-bond acceptors (Lipinski definition) is 17. The molecule has 0 saturated heterocycles. The van der Waals surface area contributed by atoms with E-state index in [0.29, 0.717) is 0 Å². The molecule has 1 amide bonds. The number of nitrogens with two attached hydrogens (primary N) is 1. The minimum absolute atomic E-state index is 0.0398. The fourth-order valence-corrected chi connectivity index (χ4v) is 8.87. The summed E-state index contributed by atoms with van der Waals surface area (Å²) in [5, 5.41) is 19.4. The Morgan fingerprint density at radius 2 is 1.26 bits per heavy atom. The van der Waals surface area contributed by atoms with Crippen LogP contribution >= 0.6 is 23.2 Å². The van der Waals surface area contributed by atoms with Gasteiger partial charge in [0.25, 0.3) is 36.3 Å². The number of carboxylic acids is 1. The van der Waals surface area contributed by atoms with E-state index in [1.807, 2.05) is 0 Å². The van der Waals surface area contributed by atoms with Crippen molar-refractivity contribution in [2.24, 2.45) is 0 Å². The van der Waals surface area contributed by atoms with Crippen molar-refractivity contribution >= 4 is 88.1 Å². The van der Waals surface area contributed by atoms with Crippen LogP contribution in [-0.2, 0) is 54.1 Å². The Hall–Kier alpha value is -5.29. The summed E-state index contributed by atoms with van der Waals surface area (Å²) in [6.07, 6.45) is -0.200. The number of carbonyl (C=O) groups excluding carboxylic acids is 2. The number of esters is 1. The topological polar surface area (TPSA) is 356 Å². The number of halogens is 2. The second kappa shape index (κ2) is 21.3. The molecule has 350 valence electrons. The summed E-state index contributed by atoms with van der Waals surface area (Å²) in [4.78, 5) is 35.8. The molecule has 0 fully saturated rings. The Morgan fingerprint density at radius 1 is 0.708 bits per heavy atom. The number of aromatic carboxylic acids is 1. The van der Waals surface area contributed by atoms with Gasteiger partial charge in [-0.25, -0.2) is 4.79 Å². The molecule has 0 radical (unpaired) electrons. The van der Waals surface area contributed by atoms with Crippen molar-refractivity contribution in [3.63, 3.8) is 0 Å². The molecule has 0 spiro atoms. The zero-order chi connectivity index (χ0) is 47.9. The number of anilines is 1. The smallest absolute Gasteiger partial charge is 0.336 e. The van der Waals surface area contributed by atoms with Gasteiger partial charge >= 0.3 is 11.9 Å². The first-order chi connectivity index (χ1) is 30.5. The zero-order valence-corrected chi connectivity index (χ0v) is 37.2. The molecular formula is C38H37Cl2N3O19S3. The summed E-state index contributed by atoms with van der Waals surface area (Å²) in [6, 6.07) is 9.74. The highest BCUT2D eigenvalue weighted by molar-refractivity contribution is 7.86. The van der Waals surface area contributed by atoms with Gasteiger partial charge in [0.2, 0.25) is 0 Å². The van der Waals surface area contributed by atoms with Crippen molar-refractivity contribution in [3.05, 3.63) is 81.1 Å². The van der Waals surface area contributed by atoms with Gasteiger partial charge in [0, 0.05) is 34.2 Å². The first kappa shape index (κ1) is 50.7. The number of hydrogen-bond donors (Lipinski definition) is 7. The van der Waals surface area contributed by atoms with Crippen molar-refractivity contribution in [1.82, 2.24) is 5.32 Å². The molecule has 3 aromatic carbocycles. The van der Waals surface area contributed by atoms with Crippen LogP contribution in [0.3, 0.4) is 0 Å². The number of nitrogen functional groups attached to an aromatic ring is 1. The number of nitrogens with one attached hydrogen (secondary N) is 2. The predicted molar refractivity (Wildman–Crippen MR) is 227 cm³/mol. The lowest BCUT2D eigenvalue weighted by atomic mass is 9.87. The Balaban J connectivity index is 1.13. The molecule has 0 unspecified atom stereocenters. The van der Waals surface area contributed by atoms with Gasteiger partial charge < -0.3 is 44.3 Å². The molecule has 1 heterocycles.